The van der Waals surface area contributed by atoms with Crippen molar-refractivity contribution in [3.63, 3.8) is 0 Å². The largest absolute Gasteiger partial charge is 0.480 e. The van der Waals surface area contributed by atoms with E-state index in [2.05, 4.69) is 9.97 Å². The van der Waals surface area contributed by atoms with Gasteiger partial charge in [-0.3, -0.25) is 4.79 Å². The molecule has 6 heteroatoms. The highest BCUT2D eigenvalue weighted by Crippen LogP contribution is 1.72. The fourth-order valence-electron chi connectivity index (χ4n) is 0.634. The van der Waals surface area contributed by atoms with Gasteiger partial charge in [-0.2, -0.15) is 0 Å². The number of hydrogen-bond donors (Lipinski definition) is 5. The van der Waals surface area contributed by atoms with Crippen LogP contribution in [0.4, 0.5) is 0 Å². The van der Waals surface area contributed by atoms with Crippen molar-refractivity contribution in [2.24, 2.45) is 5.73 Å². The Kier molecular flexibility index (Phi) is 9.20. The number of carbonyl (C=O) groups is 1. The molecule has 2 aromatic rings. The van der Waals surface area contributed by atoms with Crippen molar-refractivity contribution < 1.29 is 15.0 Å². The van der Waals surface area contributed by atoms with Crippen LogP contribution in [0.2, 0.25) is 0 Å². The van der Waals surface area contributed by atoms with E-state index in [0.29, 0.717) is 0 Å². The summed E-state index contributed by atoms with van der Waals surface area (Å²) in [6, 6.07) is 6.65. The lowest BCUT2D eigenvalue weighted by Crippen LogP contribution is -2.33. The monoisotopic (exact) mass is 239 g/mol. The third kappa shape index (κ3) is 10.2. The van der Waals surface area contributed by atoms with Gasteiger partial charge >= 0.3 is 5.97 Å². The van der Waals surface area contributed by atoms with Gasteiger partial charge < -0.3 is 25.9 Å². The molecule has 0 bridgehead atoms. The number of H-pyrrole nitrogens is 2. The average molecular weight is 239 g/mol. The number of rotatable bonds is 2. The minimum atomic E-state index is -1.18. The SMILES string of the molecule is N[C@@H](CO)C(=O)O.c1cc[nH]c1.c1cc[nH]c1. The van der Waals surface area contributed by atoms with E-state index in [-0.39, 0.29) is 0 Å². The van der Waals surface area contributed by atoms with Crippen LogP contribution in [-0.2, 0) is 4.79 Å². The molecule has 17 heavy (non-hydrogen) atoms. The predicted octanol–water partition coefficient (Wildman–Crippen LogP) is 0.420. The molecule has 0 amide bonds. The lowest BCUT2D eigenvalue weighted by Gasteiger charge is -1.96. The lowest BCUT2D eigenvalue weighted by atomic mass is 10.3. The molecule has 0 aliphatic carbocycles. The van der Waals surface area contributed by atoms with Gasteiger partial charge in [0.05, 0.1) is 6.61 Å². The van der Waals surface area contributed by atoms with Crippen LogP contribution in [0.1, 0.15) is 0 Å². The van der Waals surface area contributed by atoms with E-state index in [9.17, 15) is 4.79 Å². The van der Waals surface area contributed by atoms with Crippen LogP contribution in [0.5, 0.6) is 0 Å². The van der Waals surface area contributed by atoms with Crippen LogP contribution in [0.3, 0.4) is 0 Å². The third-order valence-electron chi connectivity index (χ3n) is 1.51. The average Bonchev–Trinajstić information content (AvgIpc) is 3.04. The summed E-state index contributed by atoms with van der Waals surface area (Å²) < 4.78 is 0. The highest BCUT2D eigenvalue weighted by Gasteiger charge is 2.06. The van der Waals surface area contributed by atoms with Gasteiger partial charge in [-0.1, -0.05) is 0 Å². The number of aliphatic carboxylic acids is 1. The Morgan fingerprint density at radius 2 is 1.41 bits per heavy atom. The van der Waals surface area contributed by atoms with Crippen LogP contribution in [-0.4, -0.2) is 38.8 Å². The molecule has 0 saturated heterocycles. The topological polar surface area (TPSA) is 115 Å². The standard InChI is InChI=1S/2C4H5N.C3H7NO3/c2*1-2-4-5-3-1;4-2(1-5)3(6)7/h2*1-5H;2,5H,1,4H2,(H,6,7)/t;;2-/m..0/s1. The predicted molar refractivity (Wildman–Crippen MR) is 64.3 cm³/mol. The number of carboxylic acids is 1. The molecule has 0 aromatic carbocycles. The van der Waals surface area contributed by atoms with Crippen molar-refractivity contribution in [1.29, 1.82) is 0 Å². The van der Waals surface area contributed by atoms with Gasteiger partial charge in [-0.25, -0.2) is 0 Å². The fraction of sp³-hybridized carbons (Fsp3) is 0.182. The third-order valence-corrected chi connectivity index (χ3v) is 1.51. The van der Waals surface area contributed by atoms with E-state index in [0.717, 1.165) is 0 Å². The molecule has 6 N–H and O–H groups in total. The molecule has 2 rings (SSSR count). The summed E-state index contributed by atoms with van der Waals surface area (Å²) in [6.07, 6.45) is 7.50. The van der Waals surface area contributed by atoms with Crippen molar-refractivity contribution in [1.82, 2.24) is 9.97 Å². The normalized spacial score (nSPS) is 10.2. The van der Waals surface area contributed by atoms with Crippen molar-refractivity contribution in [2.75, 3.05) is 6.61 Å². The smallest absolute Gasteiger partial charge is 0.322 e. The lowest BCUT2D eigenvalue weighted by molar-refractivity contribution is -0.139. The van der Waals surface area contributed by atoms with Gasteiger partial charge in [0.2, 0.25) is 0 Å². The second kappa shape index (κ2) is 10.5. The summed E-state index contributed by atoms with van der Waals surface area (Å²) in [4.78, 5) is 15.4. The summed E-state index contributed by atoms with van der Waals surface area (Å²) in [5, 5.41) is 15.9. The zero-order valence-electron chi connectivity index (χ0n) is 9.28. The molecule has 0 radical (unpaired) electrons. The summed E-state index contributed by atoms with van der Waals surface area (Å²) in [7, 11) is 0. The highest BCUT2D eigenvalue weighted by molar-refractivity contribution is 5.73. The maximum atomic E-state index is 9.65. The Hall–Kier alpha value is -2.05. The summed E-state index contributed by atoms with van der Waals surface area (Å²) in [5.41, 5.74) is 4.77. The first-order valence-electron chi connectivity index (χ1n) is 4.93. The molecule has 0 aliphatic heterocycles. The molecule has 0 spiro atoms. The van der Waals surface area contributed by atoms with E-state index in [4.69, 9.17) is 15.9 Å². The van der Waals surface area contributed by atoms with Gasteiger partial charge in [-0.15, -0.1) is 0 Å². The van der Waals surface area contributed by atoms with Crippen molar-refractivity contribution in [3.8, 4) is 0 Å². The van der Waals surface area contributed by atoms with Gasteiger partial charge in [0.1, 0.15) is 6.04 Å². The fourth-order valence-corrected chi connectivity index (χ4v) is 0.634. The minimum absolute atomic E-state index is 0.505. The maximum absolute atomic E-state index is 9.65. The first-order valence-corrected chi connectivity index (χ1v) is 4.93. The molecule has 0 unspecified atom stereocenters. The van der Waals surface area contributed by atoms with E-state index in [1.54, 1.807) is 0 Å². The number of nitrogens with two attached hydrogens (primary N) is 1. The zero-order valence-corrected chi connectivity index (χ0v) is 9.28. The molecular formula is C11H17N3O3. The molecule has 6 nitrogen and oxygen atoms in total. The van der Waals surface area contributed by atoms with Gasteiger partial charge in [0, 0.05) is 24.8 Å². The minimum Gasteiger partial charge on any atom is -0.480 e. The van der Waals surface area contributed by atoms with E-state index >= 15 is 0 Å². The molecule has 2 heterocycles. The quantitative estimate of drug-likeness (QED) is 0.522. The summed E-state index contributed by atoms with van der Waals surface area (Å²) in [5.74, 6) is -1.18. The zero-order chi connectivity index (χ0) is 12.9. The van der Waals surface area contributed by atoms with Crippen molar-refractivity contribution in [3.05, 3.63) is 49.1 Å². The van der Waals surface area contributed by atoms with E-state index in [1.807, 2.05) is 49.1 Å². The second-order valence-electron chi connectivity index (χ2n) is 2.90. The first kappa shape index (κ1) is 14.9. The molecule has 0 fully saturated rings. The second-order valence-corrected chi connectivity index (χ2v) is 2.90. The van der Waals surface area contributed by atoms with Gasteiger partial charge in [0.15, 0.2) is 0 Å². The number of carboxylic acid groups (broad SMARTS) is 1. The van der Waals surface area contributed by atoms with Gasteiger partial charge in [-0.05, 0) is 24.3 Å². The summed E-state index contributed by atoms with van der Waals surface area (Å²) in [6.45, 7) is -0.505. The van der Waals surface area contributed by atoms with Crippen LogP contribution in [0.15, 0.2) is 49.1 Å². The van der Waals surface area contributed by atoms with Crippen molar-refractivity contribution >= 4 is 5.97 Å². The molecular weight excluding hydrogens is 222 g/mol. The Labute approximate surface area is 99.1 Å². The maximum Gasteiger partial charge on any atom is 0.322 e. The number of aromatic nitrogens is 2. The Morgan fingerprint density at radius 1 is 1.06 bits per heavy atom. The molecule has 2 aromatic heterocycles. The number of aromatic amines is 2. The van der Waals surface area contributed by atoms with Gasteiger partial charge in [0.25, 0.3) is 0 Å². The van der Waals surface area contributed by atoms with E-state index in [1.165, 1.54) is 0 Å². The summed E-state index contributed by atoms with van der Waals surface area (Å²) >= 11 is 0. The van der Waals surface area contributed by atoms with Crippen molar-refractivity contribution in [2.45, 2.75) is 6.04 Å². The molecule has 94 valence electrons. The molecule has 0 aliphatic rings. The highest BCUT2D eigenvalue weighted by atomic mass is 16.4. The molecule has 0 saturated carbocycles. The number of aliphatic hydroxyl groups excluding tert-OH is 1. The Balaban J connectivity index is 0.000000229. The van der Waals surface area contributed by atoms with Crippen LogP contribution >= 0.6 is 0 Å². The number of nitrogens with one attached hydrogen (secondary N) is 2. The number of aliphatic hydroxyl groups is 1. The number of hydrogen-bond acceptors (Lipinski definition) is 3. The van der Waals surface area contributed by atoms with Crippen LogP contribution in [0, 0.1) is 0 Å². The Bertz CT molecular complexity index is 285. The van der Waals surface area contributed by atoms with Crippen LogP contribution < -0.4 is 5.73 Å². The van der Waals surface area contributed by atoms with Crippen LogP contribution in [0.25, 0.3) is 0 Å². The first-order chi connectivity index (χ1) is 8.18. The molecule has 1 atom stereocenters. The Morgan fingerprint density at radius 3 is 1.47 bits per heavy atom. The van der Waals surface area contributed by atoms with E-state index < -0.39 is 18.6 Å².